The highest BCUT2D eigenvalue weighted by Crippen LogP contribution is 2.27. The van der Waals surface area contributed by atoms with Crippen molar-refractivity contribution in [2.75, 3.05) is 6.54 Å². The monoisotopic (exact) mass is 302 g/mol. The number of hydrogen-bond acceptors (Lipinski definition) is 5. The number of pyridine rings is 1. The topological polar surface area (TPSA) is 83.0 Å². The molecule has 2 heterocycles. The van der Waals surface area contributed by atoms with Gasteiger partial charge in [0.25, 0.3) is 0 Å². The Morgan fingerprint density at radius 1 is 1.38 bits per heavy atom. The summed E-state index contributed by atoms with van der Waals surface area (Å²) >= 11 is 5.99. The first-order valence-corrected chi connectivity index (χ1v) is 6.54. The van der Waals surface area contributed by atoms with E-state index in [0.717, 1.165) is 11.1 Å². The largest absolute Gasteiger partial charge is 0.406 e. The molecule has 0 atom stereocenters. The van der Waals surface area contributed by atoms with Crippen LogP contribution in [0.5, 0.6) is 5.88 Å². The number of imidazole rings is 1. The third kappa shape index (κ3) is 2.72. The molecule has 2 aromatic heterocycles. The Balaban J connectivity index is 2.20. The fraction of sp³-hybridized carbons (Fsp3) is 0.0714. The number of carbonyl (C=O) groups is 1. The summed E-state index contributed by atoms with van der Waals surface area (Å²) in [6, 6.07) is 6.99. The van der Waals surface area contributed by atoms with E-state index in [2.05, 4.69) is 9.97 Å². The van der Waals surface area contributed by atoms with Gasteiger partial charge in [-0.05, 0) is 18.2 Å². The predicted octanol–water partition coefficient (Wildman–Crippen LogP) is 1.94. The minimum Gasteiger partial charge on any atom is -0.406 e. The molecule has 0 aliphatic rings. The number of fused-ring (bicyclic) bond motifs is 1. The molecule has 1 aromatic carbocycles. The highest BCUT2D eigenvalue weighted by atomic mass is 35.5. The predicted molar refractivity (Wildman–Crippen MR) is 78.6 cm³/mol. The molecule has 21 heavy (non-hydrogen) atoms. The van der Waals surface area contributed by atoms with Crippen LogP contribution in [0.15, 0.2) is 43.0 Å². The minimum atomic E-state index is -0.555. The first-order valence-electron chi connectivity index (χ1n) is 6.17. The van der Waals surface area contributed by atoms with Crippen LogP contribution < -0.4 is 10.5 Å². The van der Waals surface area contributed by atoms with Crippen molar-refractivity contribution >= 4 is 28.5 Å². The number of rotatable bonds is 3. The number of nitrogens with zero attached hydrogens (tertiary/aromatic N) is 3. The molecule has 2 N–H and O–H groups in total. The third-order valence-corrected chi connectivity index (χ3v) is 3.13. The van der Waals surface area contributed by atoms with E-state index in [-0.39, 0.29) is 12.4 Å². The van der Waals surface area contributed by atoms with E-state index in [9.17, 15) is 4.79 Å². The molecule has 0 radical (unpaired) electrons. The Bertz CT molecular complexity index is 802. The first-order chi connectivity index (χ1) is 10.2. The average Bonchev–Trinajstić information content (AvgIpc) is 3.00. The van der Waals surface area contributed by atoms with Gasteiger partial charge < -0.3 is 15.0 Å². The van der Waals surface area contributed by atoms with Crippen LogP contribution in [0.2, 0.25) is 5.02 Å². The second-order valence-corrected chi connectivity index (χ2v) is 4.73. The van der Waals surface area contributed by atoms with Crippen molar-refractivity contribution in [3.05, 3.63) is 48.0 Å². The summed E-state index contributed by atoms with van der Waals surface area (Å²) in [6.45, 7) is -0.213. The molecule has 0 aliphatic heterocycles. The summed E-state index contributed by atoms with van der Waals surface area (Å²) in [6.07, 6.45) is 5.10. The summed E-state index contributed by atoms with van der Waals surface area (Å²) < 4.78 is 6.90. The summed E-state index contributed by atoms with van der Waals surface area (Å²) in [7, 11) is 0. The van der Waals surface area contributed by atoms with Crippen molar-refractivity contribution in [3.63, 3.8) is 0 Å². The molecular weight excluding hydrogens is 292 g/mol. The van der Waals surface area contributed by atoms with E-state index in [1.807, 2.05) is 6.07 Å². The highest BCUT2D eigenvalue weighted by Gasteiger charge is 2.11. The number of benzene rings is 1. The summed E-state index contributed by atoms with van der Waals surface area (Å²) in [5.74, 6) is -0.385. The molecule has 0 spiro atoms. The van der Waals surface area contributed by atoms with E-state index < -0.39 is 5.97 Å². The number of hydrogen-bond donors (Lipinski definition) is 1. The van der Waals surface area contributed by atoms with E-state index in [1.165, 1.54) is 0 Å². The van der Waals surface area contributed by atoms with Gasteiger partial charge in [-0.2, -0.15) is 0 Å². The molecule has 0 bridgehead atoms. The average molecular weight is 303 g/mol. The van der Waals surface area contributed by atoms with E-state index >= 15 is 0 Å². The van der Waals surface area contributed by atoms with Gasteiger partial charge in [-0.3, -0.25) is 4.79 Å². The van der Waals surface area contributed by atoms with E-state index in [1.54, 1.807) is 41.5 Å². The van der Waals surface area contributed by atoms with Gasteiger partial charge in [-0.25, -0.2) is 9.97 Å². The highest BCUT2D eigenvalue weighted by molar-refractivity contribution is 6.31. The standard InChI is InChI=1S/C14H11ClN4O2/c15-9-1-2-10-11(5-9)18-13(21-14(20)7-16)6-12(10)19-4-3-17-8-19/h1-6,8H,7,16H2. The fourth-order valence-corrected chi connectivity index (χ4v) is 2.15. The van der Waals surface area contributed by atoms with Crippen molar-refractivity contribution in [3.8, 4) is 11.6 Å². The van der Waals surface area contributed by atoms with Gasteiger partial charge in [0.05, 0.1) is 24.1 Å². The Morgan fingerprint density at radius 2 is 2.24 bits per heavy atom. The van der Waals surface area contributed by atoms with Gasteiger partial charge >= 0.3 is 5.97 Å². The third-order valence-electron chi connectivity index (χ3n) is 2.89. The molecule has 3 aromatic rings. The van der Waals surface area contributed by atoms with Crippen LogP contribution >= 0.6 is 11.6 Å². The van der Waals surface area contributed by atoms with Gasteiger partial charge in [0.1, 0.15) is 0 Å². The van der Waals surface area contributed by atoms with Crippen molar-refractivity contribution in [2.45, 2.75) is 0 Å². The molecule has 3 rings (SSSR count). The fourth-order valence-electron chi connectivity index (χ4n) is 1.99. The molecule has 0 amide bonds. The zero-order valence-corrected chi connectivity index (χ0v) is 11.6. The zero-order chi connectivity index (χ0) is 14.8. The normalized spacial score (nSPS) is 10.8. The molecule has 6 nitrogen and oxygen atoms in total. The molecule has 0 aliphatic carbocycles. The summed E-state index contributed by atoms with van der Waals surface area (Å²) in [5.41, 5.74) is 6.66. The number of carbonyl (C=O) groups excluding carboxylic acids is 1. The Morgan fingerprint density at radius 3 is 2.95 bits per heavy atom. The molecule has 0 saturated carbocycles. The van der Waals surface area contributed by atoms with Gasteiger partial charge in [-0.1, -0.05) is 11.6 Å². The van der Waals surface area contributed by atoms with Gasteiger partial charge in [-0.15, -0.1) is 0 Å². The lowest BCUT2D eigenvalue weighted by molar-refractivity contribution is -0.133. The second kappa shape index (κ2) is 5.51. The number of esters is 1. The Labute approximate surface area is 125 Å². The van der Waals surface area contributed by atoms with Crippen molar-refractivity contribution < 1.29 is 9.53 Å². The number of ether oxygens (including phenoxy) is 1. The Hall–Kier alpha value is -2.44. The van der Waals surface area contributed by atoms with Crippen LogP contribution in [0.4, 0.5) is 0 Å². The maximum absolute atomic E-state index is 11.3. The lowest BCUT2D eigenvalue weighted by atomic mass is 10.2. The van der Waals surface area contributed by atoms with Crippen LogP contribution in [-0.4, -0.2) is 27.0 Å². The molecule has 0 saturated heterocycles. The van der Waals surface area contributed by atoms with Crippen molar-refractivity contribution in [1.29, 1.82) is 0 Å². The maximum Gasteiger partial charge on any atom is 0.326 e. The summed E-state index contributed by atoms with van der Waals surface area (Å²) in [4.78, 5) is 19.6. The molecule has 0 fully saturated rings. The van der Waals surface area contributed by atoms with Crippen LogP contribution in [0.3, 0.4) is 0 Å². The molecule has 7 heteroatoms. The van der Waals surface area contributed by atoms with E-state index in [0.29, 0.717) is 10.5 Å². The lowest BCUT2D eigenvalue weighted by Gasteiger charge is -2.10. The van der Waals surface area contributed by atoms with Gasteiger partial charge in [0.15, 0.2) is 0 Å². The van der Waals surface area contributed by atoms with Gasteiger partial charge in [0.2, 0.25) is 5.88 Å². The molecular formula is C14H11ClN4O2. The second-order valence-electron chi connectivity index (χ2n) is 4.29. The minimum absolute atomic E-state index is 0.170. The van der Waals surface area contributed by atoms with Crippen LogP contribution in [0, 0.1) is 0 Å². The smallest absolute Gasteiger partial charge is 0.326 e. The van der Waals surface area contributed by atoms with Crippen LogP contribution in [-0.2, 0) is 4.79 Å². The maximum atomic E-state index is 11.3. The van der Waals surface area contributed by atoms with Crippen LogP contribution in [0.25, 0.3) is 16.6 Å². The Kier molecular flexibility index (Phi) is 3.55. The molecule has 106 valence electrons. The van der Waals surface area contributed by atoms with E-state index in [4.69, 9.17) is 22.1 Å². The summed E-state index contributed by atoms with van der Waals surface area (Å²) in [5, 5.41) is 1.42. The lowest BCUT2D eigenvalue weighted by Crippen LogP contribution is -2.20. The van der Waals surface area contributed by atoms with Crippen LogP contribution in [0.1, 0.15) is 0 Å². The van der Waals surface area contributed by atoms with Crippen molar-refractivity contribution in [2.24, 2.45) is 5.73 Å². The quantitative estimate of drug-likeness (QED) is 0.748. The van der Waals surface area contributed by atoms with Crippen molar-refractivity contribution in [1.82, 2.24) is 14.5 Å². The van der Waals surface area contributed by atoms with Gasteiger partial charge in [0, 0.05) is 28.9 Å². The first kappa shape index (κ1) is 13.5. The number of aromatic nitrogens is 3. The number of nitrogens with two attached hydrogens (primary N) is 1. The number of halogens is 1. The SMILES string of the molecule is NCC(=O)Oc1cc(-n2ccnc2)c2ccc(Cl)cc2n1. The molecule has 0 unspecified atom stereocenters. The zero-order valence-electron chi connectivity index (χ0n) is 10.9.